The van der Waals surface area contributed by atoms with Crippen molar-refractivity contribution < 1.29 is 26.3 Å². The molecule has 0 atom stereocenters. The Balaban J connectivity index is 1.59. The number of benzene rings is 3. The summed E-state index contributed by atoms with van der Waals surface area (Å²) in [5.74, 6) is 0.452. The van der Waals surface area contributed by atoms with Crippen LogP contribution in [0.15, 0.2) is 84.0 Å². The standard InChI is InChI=1S/C28H24F3N5O3S/c1-18-17-35(19(2)33-18)26-12-9-22(21-5-4-6-25(14-21)40(3,37)38)15-27(26)36-23(16-32-34-36)13-20-7-10-24(11-8-20)39-28(29,30)31/h4-12,14-17H,13H2,1-3H3. The van der Waals surface area contributed by atoms with E-state index in [1.54, 1.807) is 41.2 Å². The molecular formula is C28H24F3N5O3S. The molecule has 3 aromatic carbocycles. The Morgan fingerprint density at radius 1 is 0.925 bits per heavy atom. The first-order chi connectivity index (χ1) is 18.9. The summed E-state index contributed by atoms with van der Waals surface area (Å²) in [6.45, 7) is 3.77. The highest BCUT2D eigenvalue weighted by molar-refractivity contribution is 7.90. The monoisotopic (exact) mass is 567 g/mol. The number of sulfone groups is 1. The molecular weight excluding hydrogens is 543 g/mol. The van der Waals surface area contributed by atoms with Crippen molar-refractivity contribution in [2.45, 2.75) is 31.5 Å². The number of aromatic nitrogens is 5. The van der Waals surface area contributed by atoms with Gasteiger partial charge in [0.05, 0.1) is 33.9 Å². The Kier molecular flexibility index (Phi) is 6.96. The summed E-state index contributed by atoms with van der Waals surface area (Å²) in [5.41, 5.74) is 5.13. The molecule has 0 unspecified atom stereocenters. The van der Waals surface area contributed by atoms with Crippen LogP contribution >= 0.6 is 0 Å². The molecule has 0 aliphatic rings. The van der Waals surface area contributed by atoms with Crippen molar-refractivity contribution in [2.24, 2.45) is 0 Å². The SMILES string of the molecule is Cc1cn(-c2ccc(-c3cccc(S(C)(=O)=O)c3)cc2-n2nncc2Cc2ccc(OC(F)(F)F)cc2)c(C)n1. The van der Waals surface area contributed by atoms with Gasteiger partial charge in [0.25, 0.3) is 0 Å². The number of nitrogens with zero attached hydrogens (tertiary/aromatic N) is 5. The van der Waals surface area contributed by atoms with Crippen LogP contribution in [0.25, 0.3) is 22.5 Å². The smallest absolute Gasteiger partial charge is 0.406 e. The van der Waals surface area contributed by atoms with Crippen LogP contribution in [0.3, 0.4) is 0 Å². The van der Waals surface area contributed by atoms with Gasteiger partial charge in [0.1, 0.15) is 11.6 Å². The van der Waals surface area contributed by atoms with E-state index in [4.69, 9.17) is 0 Å². The van der Waals surface area contributed by atoms with Crippen LogP contribution in [-0.4, -0.2) is 45.6 Å². The van der Waals surface area contributed by atoms with Gasteiger partial charge in [-0.25, -0.2) is 18.1 Å². The average molecular weight is 568 g/mol. The summed E-state index contributed by atoms with van der Waals surface area (Å²) in [6.07, 6.45) is 0.208. The van der Waals surface area contributed by atoms with Gasteiger partial charge in [-0.05, 0) is 66.9 Å². The minimum atomic E-state index is -4.77. The molecule has 2 heterocycles. The number of rotatable bonds is 7. The number of ether oxygens (including phenoxy) is 1. The summed E-state index contributed by atoms with van der Waals surface area (Å²) in [5, 5.41) is 8.43. The van der Waals surface area contributed by atoms with Crippen molar-refractivity contribution in [3.8, 4) is 28.3 Å². The van der Waals surface area contributed by atoms with E-state index in [0.717, 1.165) is 34.6 Å². The third-order valence-corrected chi connectivity index (χ3v) is 7.33. The van der Waals surface area contributed by atoms with E-state index in [0.29, 0.717) is 23.4 Å². The lowest BCUT2D eigenvalue weighted by Crippen LogP contribution is -2.17. The van der Waals surface area contributed by atoms with E-state index in [1.165, 1.54) is 12.1 Å². The molecule has 0 amide bonds. The normalized spacial score (nSPS) is 12.1. The van der Waals surface area contributed by atoms with Crippen molar-refractivity contribution in [1.29, 1.82) is 0 Å². The van der Waals surface area contributed by atoms with E-state index >= 15 is 0 Å². The van der Waals surface area contributed by atoms with E-state index in [-0.39, 0.29) is 10.6 Å². The highest BCUT2D eigenvalue weighted by Crippen LogP contribution is 2.30. The second-order valence-electron chi connectivity index (χ2n) is 9.31. The maximum Gasteiger partial charge on any atom is 0.573 e. The molecule has 0 radical (unpaired) electrons. The minimum Gasteiger partial charge on any atom is -0.406 e. The number of hydrogen-bond donors (Lipinski definition) is 0. The van der Waals surface area contributed by atoms with Crippen LogP contribution in [0, 0.1) is 13.8 Å². The van der Waals surface area contributed by atoms with Crippen molar-refractivity contribution in [2.75, 3.05) is 6.26 Å². The number of imidazole rings is 1. The minimum absolute atomic E-state index is 0.205. The summed E-state index contributed by atoms with van der Waals surface area (Å²) in [7, 11) is -3.41. The first kappa shape index (κ1) is 27.1. The van der Waals surface area contributed by atoms with Crippen LogP contribution in [0.5, 0.6) is 5.75 Å². The van der Waals surface area contributed by atoms with Gasteiger partial charge in [-0.15, -0.1) is 18.3 Å². The van der Waals surface area contributed by atoms with E-state index in [9.17, 15) is 21.6 Å². The van der Waals surface area contributed by atoms with E-state index in [2.05, 4.69) is 20.0 Å². The molecule has 0 N–H and O–H groups in total. The van der Waals surface area contributed by atoms with Gasteiger partial charge in [-0.3, -0.25) is 0 Å². The highest BCUT2D eigenvalue weighted by atomic mass is 32.2. The zero-order valence-corrected chi connectivity index (χ0v) is 22.5. The fourth-order valence-electron chi connectivity index (χ4n) is 4.44. The van der Waals surface area contributed by atoms with Gasteiger partial charge in [-0.2, -0.15) is 0 Å². The van der Waals surface area contributed by atoms with Crippen LogP contribution in [0.2, 0.25) is 0 Å². The largest absolute Gasteiger partial charge is 0.573 e. The summed E-state index contributed by atoms with van der Waals surface area (Å²) in [6, 6.07) is 18.0. The average Bonchev–Trinajstić information content (AvgIpc) is 3.48. The molecule has 0 saturated heterocycles. The van der Waals surface area contributed by atoms with Crippen LogP contribution in [0.4, 0.5) is 13.2 Å². The molecule has 0 fully saturated rings. The number of alkyl halides is 3. The second-order valence-corrected chi connectivity index (χ2v) is 11.3. The number of aryl methyl sites for hydroxylation is 2. The van der Waals surface area contributed by atoms with Crippen LogP contribution in [0.1, 0.15) is 22.8 Å². The van der Waals surface area contributed by atoms with Gasteiger partial charge in [-0.1, -0.05) is 35.5 Å². The molecule has 5 rings (SSSR count). The third-order valence-electron chi connectivity index (χ3n) is 6.22. The predicted octanol–water partition coefficient (Wildman–Crippen LogP) is 5.63. The summed E-state index contributed by atoms with van der Waals surface area (Å²) >= 11 is 0. The predicted molar refractivity (Wildman–Crippen MR) is 142 cm³/mol. The molecule has 206 valence electrons. The molecule has 0 aliphatic heterocycles. The third kappa shape index (κ3) is 5.91. The van der Waals surface area contributed by atoms with E-state index < -0.39 is 16.2 Å². The van der Waals surface area contributed by atoms with Gasteiger partial charge >= 0.3 is 6.36 Å². The first-order valence-electron chi connectivity index (χ1n) is 12.1. The Morgan fingerprint density at radius 2 is 1.65 bits per heavy atom. The van der Waals surface area contributed by atoms with Crippen molar-refractivity contribution in [3.05, 3.63) is 102 Å². The fourth-order valence-corrected chi connectivity index (χ4v) is 5.11. The zero-order valence-electron chi connectivity index (χ0n) is 21.7. The van der Waals surface area contributed by atoms with Gasteiger partial charge in [0.15, 0.2) is 9.84 Å². The lowest BCUT2D eigenvalue weighted by molar-refractivity contribution is -0.274. The van der Waals surface area contributed by atoms with Crippen LogP contribution in [-0.2, 0) is 16.3 Å². The summed E-state index contributed by atoms with van der Waals surface area (Å²) in [4.78, 5) is 4.72. The highest BCUT2D eigenvalue weighted by Gasteiger charge is 2.31. The molecule has 0 bridgehead atoms. The lowest BCUT2D eigenvalue weighted by Gasteiger charge is -2.16. The fraction of sp³-hybridized carbons (Fsp3) is 0.179. The van der Waals surface area contributed by atoms with Crippen LogP contribution < -0.4 is 4.74 Å². The second kappa shape index (κ2) is 10.3. The number of hydrogen-bond acceptors (Lipinski definition) is 6. The van der Waals surface area contributed by atoms with Gasteiger partial charge in [0.2, 0.25) is 0 Å². The molecule has 0 aliphatic carbocycles. The maximum absolute atomic E-state index is 12.6. The Morgan fingerprint density at radius 3 is 2.30 bits per heavy atom. The molecule has 8 nitrogen and oxygen atoms in total. The molecule has 40 heavy (non-hydrogen) atoms. The van der Waals surface area contributed by atoms with Gasteiger partial charge in [0, 0.05) is 18.9 Å². The Labute approximate surface area is 228 Å². The number of halogens is 3. The topological polar surface area (TPSA) is 91.9 Å². The first-order valence-corrected chi connectivity index (χ1v) is 14.0. The Bertz CT molecular complexity index is 1790. The van der Waals surface area contributed by atoms with E-state index in [1.807, 2.05) is 48.9 Å². The lowest BCUT2D eigenvalue weighted by atomic mass is 10.0. The molecule has 0 saturated carbocycles. The quantitative estimate of drug-likeness (QED) is 0.253. The zero-order chi connectivity index (χ0) is 28.7. The van der Waals surface area contributed by atoms with Gasteiger partial charge < -0.3 is 9.30 Å². The summed E-state index contributed by atoms with van der Waals surface area (Å²) < 4.78 is 69.5. The molecule has 12 heteroatoms. The van der Waals surface area contributed by atoms with Crippen molar-refractivity contribution in [1.82, 2.24) is 24.5 Å². The molecule has 5 aromatic rings. The van der Waals surface area contributed by atoms with Crippen molar-refractivity contribution in [3.63, 3.8) is 0 Å². The Hall–Kier alpha value is -4.45. The molecule has 2 aromatic heterocycles. The van der Waals surface area contributed by atoms with Crippen molar-refractivity contribution >= 4 is 9.84 Å². The molecule has 0 spiro atoms. The maximum atomic E-state index is 12.6.